The molecule has 1 aromatic carbocycles. The largest absolute Gasteiger partial charge is 0.478 e. The van der Waals surface area contributed by atoms with Crippen LogP contribution in [0.15, 0.2) is 24.3 Å². The van der Waals surface area contributed by atoms with Crippen LogP contribution >= 0.6 is 11.3 Å². The molecule has 0 radical (unpaired) electrons. The number of carbonyl (C=O) groups excluding carboxylic acids is 1. The highest BCUT2D eigenvalue weighted by molar-refractivity contribution is 7.11. The molecule has 1 heterocycles. The van der Waals surface area contributed by atoms with Gasteiger partial charge >= 0.3 is 5.97 Å². The Bertz CT molecular complexity index is 800. The lowest BCUT2D eigenvalue weighted by atomic mass is 9.96. The van der Waals surface area contributed by atoms with Crippen molar-refractivity contribution < 1.29 is 14.7 Å². The molecule has 0 bridgehead atoms. The molecule has 1 aliphatic carbocycles. The molecular formula is C19H22N2O3S. The number of benzene rings is 1. The fourth-order valence-corrected chi connectivity index (χ4v) is 4.49. The van der Waals surface area contributed by atoms with E-state index in [0.29, 0.717) is 0 Å². The van der Waals surface area contributed by atoms with E-state index in [4.69, 9.17) is 10.1 Å². The summed E-state index contributed by atoms with van der Waals surface area (Å²) in [5.41, 5.74) is 2.08. The quantitative estimate of drug-likeness (QED) is 0.888. The van der Waals surface area contributed by atoms with Gasteiger partial charge < -0.3 is 10.0 Å². The third kappa shape index (κ3) is 3.74. The fourth-order valence-electron chi connectivity index (χ4n) is 3.26. The van der Waals surface area contributed by atoms with E-state index in [9.17, 15) is 9.59 Å². The van der Waals surface area contributed by atoms with Crippen molar-refractivity contribution in [3.63, 3.8) is 0 Å². The molecule has 0 saturated carbocycles. The van der Waals surface area contributed by atoms with Gasteiger partial charge in [0, 0.05) is 7.05 Å². The summed E-state index contributed by atoms with van der Waals surface area (Å²) in [7, 11) is 1.84. The first-order valence-electron chi connectivity index (χ1n) is 8.56. The first-order valence-corrected chi connectivity index (χ1v) is 9.37. The van der Waals surface area contributed by atoms with Gasteiger partial charge in [0.1, 0.15) is 0 Å². The first-order chi connectivity index (χ1) is 12.0. The molecule has 6 heteroatoms. The van der Waals surface area contributed by atoms with Gasteiger partial charge in [-0.3, -0.25) is 4.79 Å². The van der Waals surface area contributed by atoms with E-state index in [1.807, 2.05) is 11.9 Å². The van der Waals surface area contributed by atoms with Gasteiger partial charge in [0.05, 0.1) is 33.6 Å². The summed E-state index contributed by atoms with van der Waals surface area (Å²) in [6.07, 6.45) is 4.12. The zero-order valence-electron chi connectivity index (χ0n) is 14.5. The number of amides is 1. The average molecular weight is 358 g/mol. The Morgan fingerprint density at radius 1 is 1.40 bits per heavy atom. The van der Waals surface area contributed by atoms with Crippen LogP contribution in [0.4, 0.5) is 0 Å². The number of aromatic nitrogens is 1. The summed E-state index contributed by atoms with van der Waals surface area (Å²) in [6, 6.07) is 6.67. The smallest absolute Gasteiger partial charge is 0.335 e. The van der Waals surface area contributed by atoms with Crippen LogP contribution in [0.1, 0.15) is 57.3 Å². The molecule has 0 fully saturated rings. The Hall–Kier alpha value is -2.21. The van der Waals surface area contributed by atoms with E-state index in [-0.39, 0.29) is 23.9 Å². The maximum absolute atomic E-state index is 12.7. The summed E-state index contributed by atoms with van der Waals surface area (Å²) in [4.78, 5) is 31.5. The number of fused-ring (bicyclic) bond motifs is 1. The van der Waals surface area contributed by atoms with Crippen molar-refractivity contribution in [2.45, 2.75) is 45.1 Å². The number of carboxylic acid groups (broad SMARTS) is 1. The van der Waals surface area contributed by atoms with Crippen molar-refractivity contribution in [3.8, 4) is 0 Å². The summed E-state index contributed by atoms with van der Waals surface area (Å²) < 4.78 is 0. The van der Waals surface area contributed by atoms with E-state index in [2.05, 4.69) is 6.92 Å². The van der Waals surface area contributed by atoms with Gasteiger partial charge in [0.2, 0.25) is 5.91 Å². The van der Waals surface area contributed by atoms with Crippen LogP contribution in [0, 0.1) is 0 Å². The normalized spacial score (nSPS) is 16.3. The number of nitrogens with zero attached hydrogens (tertiary/aromatic N) is 2. The van der Waals surface area contributed by atoms with Crippen molar-refractivity contribution >= 4 is 23.2 Å². The Balaban J connectivity index is 1.76. The van der Waals surface area contributed by atoms with Crippen molar-refractivity contribution in [1.29, 1.82) is 0 Å². The summed E-state index contributed by atoms with van der Waals surface area (Å²) in [5.74, 6) is -0.969. The van der Waals surface area contributed by atoms with E-state index in [0.717, 1.165) is 41.9 Å². The van der Waals surface area contributed by atoms with Gasteiger partial charge in [0.25, 0.3) is 0 Å². The molecule has 1 aliphatic rings. The van der Waals surface area contributed by atoms with E-state index in [1.54, 1.807) is 29.5 Å². The standard InChI is InChI=1S/C19H22N2O3S/c1-3-16-20-14-8-5-9-15(18(14)25-16)21(2)17(22)11-12-6-4-7-13(10-12)19(23)24/h4,6-7,10,15H,3,5,8-9,11H2,1-2H3,(H,23,24). The van der Waals surface area contributed by atoms with E-state index < -0.39 is 5.97 Å². The number of carbonyl (C=O) groups is 2. The Kier molecular flexibility index (Phi) is 5.18. The Labute approximate surface area is 151 Å². The highest BCUT2D eigenvalue weighted by Gasteiger charge is 2.29. The molecule has 2 aromatic rings. The maximum Gasteiger partial charge on any atom is 0.335 e. The SMILES string of the molecule is CCc1nc2c(s1)C(N(C)C(=O)Cc1cccc(C(=O)O)c1)CCC2. The minimum Gasteiger partial charge on any atom is -0.478 e. The molecule has 1 unspecified atom stereocenters. The molecule has 1 atom stereocenters. The van der Waals surface area contributed by atoms with E-state index in [1.165, 1.54) is 10.9 Å². The number of aryl methyl sites for hydroxylation is 2. The fraction of sp³-hybridized carbons (Fsp3) is 0.421. The summed E-state index contributed by atoms with van der Waals surface area (Å²) in [6.45, 7) is 2.10. The highest BCUT2D eigenvalue weighted by Crippen LogP contribution is 2.37. The van der Waals surface area contributed by atoms with Gasteiger partial charge in [-0.25, -0.2) is 9.78 Å². The molecular weight excluding hydrogens is 336 g/mol. The molecule has 1 N–H and O–H groups in total. The third-order valence-electron chi connectivity index (χ3n) is 4.66. The second kappa shape index (κ2) is 7.35. The average Bonchev–Trinajstić information content (AvgIpc) is 3.04. The maximum atomic E-state index is 12.7. The minimum atomic E-state index is -0.976. The summed E-state index contributed by atoms with van der Waals surface area (Å²) in [5, 5.41) is 10.2. The monoisotopic (exact) mass is 358 g/mol. The predicted molar refractivity (Wildman–Crippen MR) is 97.0 cm³/mol. The van der Waals surface area contributed by atoms with Gasteiger partial charge in [0.15, 0.2) is 0 Å². The number of rotatable bonds is 5. The van der Waals surface area contributed by atoms with Gasteiger partial charge in [-0.2, -0.15) is 0 Å². The number of likely N-dealkylation sites (N-methyl/N-ethyl adjacent to an activating group) is 1. The van der Waals surface area contributed by atoms with Gasteiger partial charge in [-0.15, -0.1) is 11.3 Å². The van der Waals surface area contributed by atoms with E-state index >= 15 is 0 Å². The Morgan fingerprint density at radius 3 is 2.92 bits per heavy atom. The number of thiazole rings is 1. The van der Waals surface area contributed by atoms with Crippen molar-refractivity contribution in [1.82, 2.24) is 9.88 Å². The molecule has 0 aliphatic heterocycles. The van der Waals surface area contributed by atoms with Crippen molar-refractivity contribution in [3.05, 3.63) is 51.0 Å². The molecule has 25 heavy (non-hydrogen) atoms. The molecule has 1 aromatic heterocycles. The first kappa shape index (κ1) is 17.6. The highest BCUT2D eigenvalue weighted by atomic mass is 32.1. The molecule has 132 valence electrons. The van der Waals surface area contributed by atoms with Crippen molar-refractivity contribution in [2.75, 3.05) is 7.05 Å². The van der Waals surface area contributed by atoms with Gasteiger partial charge in [-0.1, -0.05) is 19.1 Å². The molecule has 0 spiro atoms. The van der Waals surface area contributed by atoms with Crippen molar-refractivity contribution in [2.24, 2.45) is 0 Å². The van der Waals surface area contributed by atoms with Crippen LogP contribution in [0.5, 0.6) is 0 Å². The Morgan fingerprint density at radius 2 is 2.20 bits per heavy atom. The van der Waals surface area contributed by atoms with Crippen LogP contribution in [0.25, 0.3) is 0 Å². The zero-order valence-corrected chi connectivity index (χ0v) is 15.3. The number of hydrogen-bond donors (Lipinski definition) is 1. The lowest BCUT2D eigenvalue weighted by molar-refractivity contribution is -0.131. The number of hydrogen-bond acceptors (Lipinski definition) is 4. The van der Waals surface area contributed by atoms with Crippen LogP contribution in [-0.2, 0) is 24.1 Å². The summed E-state index contributed by atoms with van der Waals surface area (Å²) >= 11 is 1.72. The third-order valence-corrected chi connectivity index (χ3v) is 6.00. The second-order valence-electron chi connectivity index (χ2n) is 6.37. The van der Waals surface area contributed by atoms with Crippen LogP contribution in [-0.4, -0.2) is 33.9 Å². The van der Waals surface area contributed by atoms with Crippen LogP contribution in [0.3, 0.4) is 0 Å². The minimum absolute atomic E-state index is 0.00633. The van der Waals surface area contributed by atoms with Crippen LogP contribution in [0.2, 0.25) is 0 Å². The topological polar surface area (TPSA) is 70.5 Å². The molecule has 5 nitrogen and oxygen atoms in total. The second-order valence-corrected chi connectivity index (χ2v) is 7.48. The predicted octanol–water partition coefficient (Wildman–Crippen LogP) is 3.48. The number of aromatic carboxylic acids is 1. The molecule has 3 rings (SSSR count). The zero-order chi connectivity index (χ0) is 18.0. The number of carboxylic acids is 1. The lowest BCUT2D eigenvalue weighted by Crippen LogP contribution is -2.33. The molecule has 1 amide bonds. The van der Waals surface area contributed by atoms with Crippen LogP contribution < -0.4 is 0 Å². The molecule has 0 saturated heterocycles. The lowest BCUT2D eigenvalue weighted by Gasteiger charge is -2.30. The van der Waals surface area contributed by atoms with Gasteiger partial charge in [-0.05, 0) is 43.4 Å².